The lowest BCUT2D eigenvalue weighted by Crippen LogP contribution is -2.29. The summed E-state index contributed by atoms with van der Waals surface area (Å²) in [4.78, 5) is 19.6. The lowest BCUT2D eigenvalue weighted by atomic mass is 10.4. The number of aromatic nitrogens is 2. The fraction of sp³-hybridized carbons (Fsp3) is 0.556. The van der Waals surface area contributed by atoms with Crippen LogP contribution in [0, 0.1) is 0 Å². The summed E-state index contributed by atoms with van der Waals surface area (Å²) in [6, 6.07) is 0. The molecule has 1 unspecified atom stereocenters. The van der Waals surface area contributed by atoms with Gasteiger partial charge < -0.3 is 36.4 Å². The van der Waals surface area contributed by atoms with E-state index >= 15 is 0 Å². The molecule has 1 aromatic heterocycles. The van der Waals surface area contributed by atoms with Gasteiger partial charge in [0, 0.05) is 0 Å². The van der Waals surface area contributed by atoms with Crippen LogP contribution in [-0.4, -0.2) is 58.4 Å². The molecule has 1 aliphatic rings. The van der Waals surface area contributed by atoms with Crippen LogP contribution in [0.2, 0.25) is 0 Å². The molecule has 0 spiro atoms. The van der Waals surface area contributed by atoms with Crippen LogP contribution in [-0.2, 0) is 4.74 Å². The van der Waals surface area contributed by atoms with Gasteiger partial charge in [-0.1, -0.05) is 0 Å². The molecule has 0 bridgehead atoms. The van der Waals surface area contributed by atoms with E-state index in [4.69, 9.17) is 20.7 Å². The molecular formula is C9H17N5O5. The number of aromatic amines is 1. The van der Waals surface area contributed by atoms with Gasteiger partial charge in [-0.2, -0.15) is 4.98 Å². The summed E-state index contributed by atoms with van der Waals surface area (Å²) < 4.78 is 5.19. The van der Waals surface area contributed by atoms with Crippen LogP contribution in [0.5, 0.6) is 0 Å². The lowest BCUT2D eigenvalue weighted by Gasteiger charge is -2.17. The summed E-state index contributed by atoms with van der Waals surface area (Å²) in [5.74, 6) is 0.442. The predicted octanol–water partition coefficient (Wildman–Crippen LogP) is -2.96. The molecule has 8 N–H and O–H groups in total. The van der Waals surface area contributed by atoms with Crippen molar-refractivity contribution < 1.29 is 20.4 Å². The Balaban J connectivity index is 0.00000180. The molecule has 2 rings (SSSR count). The number of ether oxygens (including phenoxy) is 1. The number of rotatable bonds is 5. The van der Waals surface area contributed by atoms with Gasteiger partial charge in [-0.05, 0) is 0 Å². The third kappa shape index (κ3) is 3.32. The number of nitrogens with zero attached hydrogens (tertiary/aromatic N) is 2. The highest BCUT2D eigenvalue weighted by Crippen LogP contribution is 2.24. The molecule has 19 heavy (non-hydrogen) atoms. The van der Waals surface area contributed by atoms with Crippen LogP contribution in [0.15, 0.2) is 4.79 Å². The zero-order valence-corrected chi connectivity index (χ0v) is 10.1. The molecule has 0 saturated heterocycles. The van der Waals surface area contributed by atoms with Crippen molar-refractivity contribution in [2.45, 2.75) is 6.10 Å². The molecule has 0 saturated carbocycles. The highest BCUT2D eigenvalue weighted by Gasteiger charge is 2.23. The Kier molecular flexibility index (Phi) is 5.06. The summed E-state index contributed by atoms with van der Waals surface area (Å²) in [5.41, 5.74) is 5.46. The van der Waals surface area contributed by atoms with E-state index in [-0.39, 0.29) is 36.9 Å². The molecule has 0 amide bonds. The van der Waals surface area contributed by atoms with Gasteiger partial charge in [0.05, 0.1) is 19.9 Å². The van der Waals surface area contributed by atoms with Crippen molar-refractivity contribution in [1.29, 1.82) is 0 Å². The number of H-pyrrole nitrogens is 1. The number of hydrogen-bond donors (Lipinski definition) is 5. The Hall–Kier alpha value is -1.88. The van der Waals surface area contributed by atoms with Gasteiger partial charge in [0.2, 0.25) is 5.95 Å². The van der Waals surface area contributed by atoms with Gasteiger partial charge in [0.15, 0.2) is 5.82 Å². The minimum atomic E-state index is -0.919. The van der Waals surface area contributed by atoms with Crippen molar-refractivity contribution in [2.75, 3.05) is 42.6 Å². The zero-order valence-electron chi connectivity index (χ0n) is 10.1. The largest absolute Gasteiger partial charge is 0.412 e. The maximum atomic E-state index is 11.5. The maximum Gasteiger partial charge on any atom is 0.277 e. The summed E-state index contributed by atoms with van der Waals surface area (Å²) in [7, 11) is 0. The van der Waals surface area contributed by atoms with E-state index in [0.29, 0.717) is 18.2 Å². The zero-order chi connectivity index (χ0) is 13.1. The van der Waals surface area contributed by atoms with E-state index in [1.165, 1.54) is 0 Å². The normalized spacial score (nSPS) is 14.5. The van der Waals surface area contributed by atoms with Crippen molar-refractivity contribution in [3.8, 4) is 0 Å². The van der Waals surface area contributed by atoms with Crippen molar-refractivity contribution in [1.82, 2.24) is 9.97 Å². The number of anilines is 3. The van der Waals surface area contributed by atoms with E-state index in [1.807, 2.05) is 0 Å². The molecule has 10 nitrogen and oxygen atoms in total. The lowest BCUT2D eigenvalue weighted by molar-refractivity contribution is 0.00691. The van der Waals surface area contributed by atoms with Crippen LogP contribution in [0.25, 0.3) is 0 Å². The van der Waals surface area contributed by atoms with Crippen LogP contribution < -0.4 is 21.5 Å². The molecule has 10 heteroatoms. The Morgan fingerprint density at radius 1 is 1.58 bits per heavy atom. The predicted molar refractivity (Wildman–Crippen MR) is 67.8 cm³/mol. The van der Waals surface area contributed by atoms with Crippen molar-refractivity contribution in [3.63, 3.8) is 0 Å². The SMILES string of the molecule is Nc1nc2c(c(=O)[nH]1)NCN2COCC(O)CO.O. The second kappa shape index (κ2) is 6.33. The van der Waals surface area contributed by atoms with Crippen molar-refractivity contribution in [3.05, 3.63) is 10.4 Å². The van der Waals surface area contributed by atoms with Gasteiger partial charge >= 0.3 is 0 Å². The monoisotopic (exact) mass is 275 g/mol. The van der Waals surface area contributed by atoms with Crippen LogP contribution in [0.3, 0.4) is 0 Å². The van der Waals surface area contributed by atoms with E-state index in [2.05, 4.69) is 15.3 Å². The molecule has 1 aromatic rings. The Morgan fingerprint density at radius 2 is 2.32 bits per heavy atom. The number of nitrogens with one attached hydrogen (secondary N) is 2. The molecule has 2 heterocycles. The highest BCUT2D eigenvalue weighted by atomic mass is 16.5. The Labute approximate surface area is 108 Å². The first-order valence-corrected chi connectivity index (χ1v) is 5.37. The van der Waals surface area contributed by atoms with Crippen LogP contribution in [0.4, 0.5) is 17.5 Å². The second-order valence-corrected chi connectivity index (χ2v) is 3.86. The first kappa shape index (κ1) is 15.2. The van der Waals surface area contributed by atoms with Crippen LogP contribution in [0.1, 0.15) is 0 Å². The number of aliphatic hydroxyl groups excluding tert-OH is 2. The summed E-state index contributed by atoms with van der Waals surface area (Å²) in [6.45, 7) is 0.137. The molecule has 0 aliphatic carbocycles. The van der Waals surface area contributed by atoms with E-state index in [1.54, 1.807) is 4.90 Å². The third-order valence-electron chi connectivity index (χ3n) is 2.43. The second-order valence-electron chi connectivity index (χ2n) is 3.86. The molecule has 0 aromatic carbocycles. The Bertz CT molecular complexity index is 479. The van der Waals surface area contributed by atoms with Crippen molar-refractivity contribution in [2.24, 2.45) is 0 Å². The van der Waals surface area contributed by atoms with Crippen LogP contribution >= 0.6 is 0 Å². The molecular weight excluding hydrogens is 258 g/mol. The van der Waals surface area contributed by atoms with Gasteiger partial charge in [-0.15, -0.1) is 0 Å². The van der Waals surface area contributed by atoms with Gasteiger partial charge in [-0.25, -0.2) is 0 Å². The van der Waals surface area contributed by atoms with Gasteiger partial charge in [-0.3, -0.25) is 9.78 Å². The maximum absolute atomic E-state index is 11.5. The molecule has 1 atom stereocenters. The smallest absolute Gasteiger partial charge is 0.277 e. The van der Waals surface area contributed by atoms with E-state index < -0.39 is 6.10 Å². The third-order valence-corrected chi connectivity index (χ3v) is 2.43. The number of hydrogen-bond acceptors (Lipinski definition) is 8. The topological polar surface area (TPSA) is 168 Å². The Morgan fingerprint density at radius 3 is 3.00 bits per heavy atom. The van der Waals surface area contributed by atoms with E-state index in [0.717, 1.165) is 0 Å². The van der Waals surface area contributed by atoms with Crippen molar-refractivity contribution >= 4 is 17.5 Å². The number of fused-ring (bicyclic) bond motifs is 1. The minimum absolute atomic E-state index is 0. The summed E-state index contributed by atoms with van der Waals surface area (Å²) in [6.07, 6.45) is -0.919. The average molecular weight is 275 g/mol. The first-order chi connectivity index (χ1) is 8.61. The first-order valence-electron chi connectivity index (χ1n) is 5.37. The molecule has 108 valence electrons. The highest BCUT2D eigenvalue weighted by molar-refractivity contribution is 5.70. The average Bonchev–Trinajstić information content (AvgIpc) is 2.72. The molecule has 1 aliphatic heterocycles. The fourth-order valence-corrected chi connectivity index (χ4v) is 1.57. The number of nitrogens with two attached hydrogens (primary N) is 1. The van der Waals surface area contributed by atoms with Gasteiger partial charge in [0.1, 0.15) is 18.5 Å². The molecule has 0 fully saturated rings. The number of aliphatic hydroxyl groups is 2. The fourth-order valence-electron chi connectivity index (χ4n) is 1.57. The minimum Gasteiger partial charge on any atom is -0.412 e. The number of nitrogen functional groups attached to an aromatic ring is 1. The summed E-state index contributed by atoms with van der Waals surface area (Å²) >= 11 is 0. The van der Waals surface area contributed by atoms with E-state index in [9.17, 15) is 4.79 Å². The molecule has 0 radical (unpaired) electrons. The summed E-state index contributed by atoms with van der Waals surface area (Å²) in [5, 5.41) is 20.6. The van der Waals surface area contributed by atoms with Gasteiger partial charge in [0.25, 0.3) is 5.56 Å². The standard InChI is InChI=1S/C9H15N5O4.H2O/c10-9-12-7-6(8(17)13-9)11-3-14(7)4-18-2-5(16)1-15;/h5,11,15-16H,1-4H2,(H3,10,12,13,17);1H2. The quantitative estimate of drug-likeness (QED) is 0.379.